The maximum atomic E-state index is 5.90. The zero-order valence-corrected chi connectivity index (χ0v) is 20.8. The van der Waals surface area contributed by atoms with Gasteiger partial charge < -0.3 is 24.8 Å². The van der Waals surface area contributed by atoms with Gasteiger partial charge in [-0.25, -0.2) is 4.98 Å². The molecule has 0 saturated heterocycles. The summed E-state index contributed by atoms with van der Waals surface area (Å²) < 4.78 is 16.6. The van der Waals surface area contributed by atoms with Gasteiger partial charge in [-0.05, 0) is 29.7 Å². The van der Waals surface area contributed by atoms with Crippen LogP contribution in [0.25, 0.3) is 0 Å². The minimum Gasteiger partial charge on any atom is -0.493 e. The van der Waals surface area contributed by atoms with E-state index in [0.717, 1.165) is 24.5 Å². The molecule has 2 N–H and O–H groups in total. The second-order valence-electron chi connectivity index (χ2n) is 6.69. The van der Waals surface area contributed by atoms with Gasteiger partial charge in [0.25, 0.3) is 0 Å². The van der Waals surface area contributed by atoms with Crippen LogP contribution >= 0.6 is 24.0 Å². The van der Waals surface area contributed by atoms with E-state index in [1.165, 1.54) is 5.56 Å². The SMILES string of the molecule is CN=C(NCCc1ccccc1)NCc1ccc(Oc2c(OC)cccc2OC)nc1.I. The zero-order chi connectivity index (χ0) is 21.9. The summed E-state index contributed by atoms with van der Waals surface area (Å²) in [5.41, 5.74) is 2.29. The molecule has 0 amide bonds. The normalized spacial score (nSPS) is 10.7. The van der Waals surface area contributed by atoms with E-state index >= 15 is 0 Å². The van der Waals surface area contributed by atoms with Gasteiger partial charge in [0.15, 0.2) is 17.5 Å². The average Bonchev–Trinajstić information content (AvgIpc) is 2.83. The van der Waals surface area contributed by atoms with E-state index in [0.29, 0.717) is 29.7 Å². The standard InChI is InChI=1S/C24H28N4O3.HI/c1-25-24(26-15-14-18-8-5-4-6-9-18)28-17-19-12-13-22(27-16-19)31-23-20(29-2)10-7-11-21(23)30-3;/h4-13,16H,14-15,17H2,1-3H3,(H2,25,26,28);1H. The second kappa shape index (κ2) is 13.4. The van der Waals surface area contributed by atoms with Crippen molar-refractivity contribution < 1.29 is 14.2 Å². The Balaban J connectivity index is 0.00000363. The van der Waals surface area contributed by atoms with Crippen molar-refractivity contribution in [3.63, 3.8) is 0 Å². The highest BCUT2D eigenvalue weighted by Crippen LogP contribution is 2.39. The van der Waals surface area contributed by atoms with Gasteiger partial charge in [-0.15, -0.1) is 24.0 Å². The van der Waals surface area contributed by atoms with Crippen molar-refractivity contribution in [3.05, 3.63) is 78.0 Å². The molecule has 0 unspecified atom stereocenters. The number of hydrogen-bond donors (Lipinski definition) is 2. The summed E-state index contributed by atoms with van der Waals surface area (Å²) in [5, 5.41) is 6.62. The molecule has 0 spiro atoms. The van der Waals surface area contributed by atoms with Crippen LogP contribution < -0.4 is 24.8 Å². The average molecular weight is 548 g/mol. The van der Waals surface area contributed by atoms with E-state index in [1.807, 2.05) is 48.5 Å². The Hall–Kier alpha value is -3.01. The molecule has 32 heavy (non-hydrogen) atoms. The number of aliphatic imine (C=N–C) groups is 1. The van der Waals surface area contributed by atoms with Crippen molar-refractivity contribution in [2.75, 3.05) is 27.8 Å². The molecule has 0 aliphatic rings. The van der Waals surface area contributed by atoms with Gasteiger partial charge in [-0.1, -0.05) is 42.5 Å². The summed E-state index contributed by atoms with van der Waals surface area (Å²) in [6.45, 7) is 1.39. The number of pyridine rings is 1. The first-order chi connectivity index (χ1) is 15.2. The Bertz CT molecular complexity index is 960. The van der Waals surface area contributed by atoms with Crippen molar-refractivity contribution in [1.82, 2.24) is 15.6 Å². The van der Waals surface area contributed by atoms with Crippen LogP contribution in [-0.4, -0.2) is 38.8 Å². The lowest BCUT2D eigenvalue weighted by Gasteiger charge is -2.14. The first-order valence-electron chi connectivity index (χ1n) is 10.1. The number of aromatic nitrogens is 1. The molecule has 170 valence electrons. The maximum Gasteiger partial charge on any atom is 0.219 e. The lowest BCUT2D eigenvalue weighted by Crippen LogP contribution is -2.37. The van der Waals surface area contributed by atoms with E-state index in [1.54, 1.807) is 27.5 Å². The molecule has 3 rings (SSSR count). The first kappa shape index (κ1) is 25.3. The number of hydrogen-bond acceptors (Lipinski definition) is 5. The van der Waals surface area contributed by atoms with Crippen LogP contribution in [0.1, 0.15) is 11.1 Å². The van der Waals surface area contributed by atoms with Crippen LogP contribution in [0.15, 0.2) is 71.9 Å². The Morgan fingerprint density at radius 2 is 1.59 bits per heavy atom. The lowest BCUT2D eigenvalue weighted by atomic mass is 10.1. The molecule has 1 heterocycles. The number of guanidine groups is 1. The summed E-state index contributed by atoms with van der Waals surface area (Å²) in [6.07, 6.45) is 2.70. The third-order valence-electron chi connectivity index (χ3n) is 4.62. The molecular weight excluding hydrogens is 519 g/mol. The Morgan fingerprint density at radius 1 is 0.875 bits per heavy atom. The number of nitrogens with one attached hydrogen (secondary N) is 2. The summed E-state index contributed by atoms with van der Waals surface area (Å²) in [7, 11) is 4.93. The molecule has 0 saturated carbocycles. The Labute approximate surface area is 206 Å². The van der Waals surface area contributed by atoms with E-state index in [9.17, 15) is 0 Å². The molecule has 0 aliphatic carbocycles. The highest BCUT2D eigenvalue weighted by Gasteiger charge is 2.13. The van der Waals surface area contributed by atoms with Crippen LogP contribution in [0, 0.1) is 0 Å². The summed E-state index contributed by atoms with van der Waals surface area (Å²) in [6, 6.07) is 19.6. The molecule has 1 aromatic heterocycles. The molecular formula is C24H29IN4O3. The monoisotopic (exact) mass is 548 g/mol. The van der Waals surface area contributed by atoms with Gasteiger partial charge >= 0.3 is 0 Å². The molecule has 7 nitrogen and oxygen atoms in total. The predicted octanol–water partition coefficient (Wildman–Crippen LogP) is 4.42. The third-order valence-corrected chi connectivity index (χ3v) is 4.62. The zero-order valence-electron chi connectivity index (χ0n) is 18.5. The molecule has 8 heteroatoms. The fourth-order valence-electron chi connectivity index (χ4n) is 2.97. The fraction of sp³-hybridized carbons (Fsp3) is 0.250. The molecule has 2 aromatic carbocycles. The van der Waals surface area contributed by atoms with E-state index < -0.39 is 0 Å². The quantitative estimate of drug-likeness (QED) is 0.234. The highest BCUT2D eigenvalue weighted by molar-refractivity contribution is 14.0. The topological polar surface area (TPSA) is 77.0 Å². The number of nitrogens with zero attached hydrogens (tertiary/aromatic N) is 2. The number of halogens is 1. The van der Waals surface area contributed by atoms with Crippen molar-refractivity contribution in [2.24, 2.45) is 4.99 Å². The number of rotatable bonds is 9. The van der Waals surface area contributed by atoms with Gasteiger partial charge in [0, 0.05) is 32.4 Å². The van der Waals surface area contributed by atoms with Gasteiger partial charge in [0.05, 0.1) is 14.2 Å². The lowest BCUT2D eigenvalue weighted by molar-refractivity contribution is 0.342. The van der Waals surface area contributed by atoms with Crippen molar-refractivity contribution in [1.29, 1.82) is 0 Å². The Kier molecular flexibility index (Phi) is 10.6. The highest BCUT2D eigenvalue weighted by atomic mass is 127. The van der Waals surface area contributed by atoms with E-state index in [4.69, 9.17) is 14.2 Å². The summed E-state index contributed by atoms with van der Waals surface area (Å²) in [4.78, 5) is 8.66. The minimum absolute atomic E-state index is 0. The number of para-hydroxylation sites is 1. The van der Waals surface area contributed by atoms with Crippen molar-refractivity contribution in [2.45, 2.75) is 13.0 Å². The van der Waals surface area contributed by atoms with Gasteiger partial charge in [0.2, 0.25) is 11.6 Å². The number of methoxy groups -OCH3 is 2. The molecule has 3 aromatic rings. The molecule has 0 fully saturated rings. The van der Waals surface area contributed by atoms with Crippen molar-refractivity contribution in [3.8, 4) is 23.1 Å². The number of ether oxygens (including phenoxy) is 3. The summed E-state index contributed by atoms with van der Waals surface area (Å²) in [5.74, 6) is 2.86. The number of benzene rings is 2. The van der Waals surface area contributed by atoms with E-state index in [-0.39, 0.29) is 24.0 Å². The smallest absolute Gasteiger partial charge is 0.219 e. The van der Waals surface area contributed by atoms with Gasteiger partial charge in [-0.2, -0.15) is 0 Å². The second-order valence-corrected chi connectivity index (χ2v) is 6.69. The molecule has 0 radical (unpaired) electrons. The first-order valence-corrected chi connectivity index (χ1v) is 10.1. The van der Waals surface area contributed by atoms with Crippen LogP contribution in [0.3, 0.4) is 0 Å². The minimum atomic E-state index is 0. The van der Waals surface area contributed by atoms with Crippen molar-refractivity contribution >= 4 is 29.9 Å². The molecule has 0 atom stereocenters. The third kappa shape index (κ3) is 7.30. The predicted molar refractivity (Wildman–Crippen MR) is 138 cm³/mol. The van der Waals surface area contributed by atoms with Crippen LogP contribution in [0.5, 0.6) is 23.1 Å². The van der Waals surface area contributed by atoms with Crippen LogP contribution in [-0.2, 0) is 13.0 Å². The maximum absolute atomic E-state index is 5.90. The molecule has 0 bridgehead atoms. The Morgan fingerprint density at radius 3 is 2.19 bits per heavy atom. The van der Waals surface area contributed by atoms with Gasteiger partial charge in [0.1, 0.15) is 0 Å². The summed E-state index contributed by atoms with van der Waals surface area (Å²) >= 11 is 0. The molecule has 0 aliphatic heterocycles. The van der Waals surface area contributed by atoms with E-state index in [2.05, 4.69) is 32.7 Å². The van der Waals surface area contributed by atoms with Crippen LogP contribution in [0.2, 0.25) is 0 Å². The van der Waals surface area contributed by atoms with Gasteiger partial charge in [-0.3, -0.25) is 4.99 Å². The largest absolute Gasteiger partial charge is 0.493 e. The van der Waals surface area contributed by atoms with Crippen LogP contribution in [0.4, 0.5) is 0 Å². The fourth-order valence-corrected chi connectivity index (χ4v) is 2.97.